The number of unbranched alkanes of at least 4 members (excludes halogenated alkanes) is 1. The van der Waals surface area contributed by atoms with Crippen LogP contribution in [0.5, 0.6) is 0 Å². The number of nitrogens with zero attached hydrogens (tertiary/aromatic N) is 1. The lowest BCUT2D eigenvalue weighted by Crippen LogP contribution is -2.26. The lowest BCUT2D eigenvalue weighted by Gasteiger charge is -2.09. The number of carbonyl (C=O) groups is 2. The van der Waals surface area contributed by atoms with Gasteiger partial charge in [-0.1, -0.05) is 30.3 Å². The molecule has 148 valence electrons. The fourth-order valence-electron chi connectivity index (χ4n) is 2.68. The van der Waals surface area contributed by atoms with Gasteiger partial charge in [-0.2, -0.15) is 0 Å². The van der Waals surface area contributed by atoms with Gasteiger partial charge in [-0.05, 0) is 37.0 Å². The third-order valence-corrected chi connectivity index (χ3v) is 4.13. The zero-order chi connectivity index (χ0) is 20.4. The Morgan fingerprint density at radius 3 is 2.46 bits per heavy atom. The number of nitrogens with one attached hydrogen (secondary N) is 2. The van der Waals surface area contributed by atoms with Gasteiger partial charge in [0, 0.05) is 24.7 Å². The summed E-state index contributed by atoms with van der Waals surface area (Å²) in [4.78, 5) is 33.3. The maximum atomic E-state index is 12.0. The van der Waals surface area contributed by atoms with Gasteiger partial charge in [0.15, 0.2) is 0 Å². The normalized spacial score (nSPS) is 10.3. The van der Waals surface area contributed by atoms with Crippen LogP contribution in [0.4, 0.5) is 11.4 Å². The van der Waals surface area contributed by atoms with Crippen LogP contribution in [-0.2, 0) is 11.2 Å². The van der Waals surface area contributed by atoms with E-state index in [9.17, 15) is 19.7 Å². The van der Waals surface area contributed by atoms with E-state index >= 15 is 0 Å². The lowest BCUT2D eigenvalue weighted by molar-refractivity contribution is -0.384. The predicted molar refractivity (Wildman–Crippen MR) is 106 cm³/mol. The highest BCUT2D eigenvalue weighted by atomic mass is 16.6. The molecule has 0 aliphatic heterocycles. The molecule has 2 aromatic rings. The number of anilines is 1. The van der Waals surface area contributed by atoms with Crippen LogP contribution in [0.1, 0.15) is 35.2 Å². The minimum absolute atomic E-state index is 0.0383. The molecule has 0 bridgehead atoms. The molecule has 2 aromatic carbocycles. The minimum Gasteiger partial charge on any atom is -0.481 e. The number of hydrogen-bond acceptors (Lipinski definition) is 5. The van der Waals surface area contributed by atoms with Crippen molar-refractivity contribution in [3.63, 3.8) is 0 Å². The Morgan fingerprint density at radius 2 is 1.79 bits per heavy atom. The number of aryl methyl sites for hydroxylation is 1. The second-order valence-corrected chi connectivity index (χ2v) is 6.26. The molecule has 0 saturated carbocycles. The van der Waals surface area contributed by atoms with Gasteiger partial charge >= 0.3 is 5.97 Å². The number of carboxylic acid groups (broad SMARTS) is 1. The number of carboxylic acids is 1. The van der Waals surface area contributed by atoms with Crippen LogP contribution in [0.25, 0.3) is 0 Å². The molecule has 0 heterocycles. The zero-order valence-electron chi connectivity index (χ0n) is 15.4. The average molecular weight is 385 g/mol. The van der Waals surface area contributed by atoms with Gasteiger partial charge in [-0.15, -0.1) is 0 Å². The number of hydrogen-bond donors (Lipinski definition) is 3. The molecule has 0 saturated heterocycles. The second kappa shape index (κ2) is 10.7. The quantitative estimate of drug-likeness (QED) is 0.310. The third-order valence-electron chi connectivity index (χ3n) is 4.13. The summed E-state index contributed by atoms with van der Waals surface area (Å²) in [5.74, 6) is -1.57. The number of benzene rings is 2. The van der Waals surface area contributed by atoms with Crippen LogP contribution in [0.15, 0.2) is 48.5 Å². The number of nitro benzene ring substituents is 1. The molecule has 0 atom stereocenters. The Morgan fingerprint density at radius 1 is 1.04 bits per heavy atom. The van der Waals surface area contributed by atoms with E-state index in [-0.39, 0.29) is 24.2 Å². The van der Waals surface area contributed by atoms with Gasteiger partial charge in [0.1, 0.15) is 5.69 Å². The Kier molecular flexibility index (Phi) is 7.95. The van der Waals surface area contributed by atoms with Gasteiger partial charge in [0.05, 0.1) is 11.3 Å². The zero-order valence-corrected chi connectivity index (χ0v) is 15.4. The minimum atomic E-state index is -1.03. The maximum absolute atomic E-state index is 12.0. The molecular formula is C20H23N3O5. The first-order valence-electron chi connectivity index (χ1n) is 9.03. The number of nitro groups is 1. The standard InChI is InChI=1S/C20H23N3O5/c24-19(25)11-13-22-20(26)16-9-10-17(18(14-16)23(27)28)21-12-5-4-8-15-6-2-1-3-7-15/h1-3,6-7,9-10,14,21H,4-5,8,11-13H2,(H,22,26)(H,24,25). The molecular weight excluding hydrogens is 362 g/mol. The molecule has 1 amide bonds. The van der Waals surface area contributed by atoms with Gasteiger partial charge in [-0.25, -0.2) is 0 Å². The SMILES string of the molecule is O=C(O)CCNC(=O)c1ccc(NCCCCc2ccccc2)c([N+](=O)[O-])c1. The fourth-order valence-corrected chi connectivity index (χ4v) is 2.68. The van der Waals surface area contributed by atoms with Crippen LogP contribution in [0.3, 0.4) is 0 Å². The van der Waals surface area contributed by atoms with Crippen LogP contribution in [0, 0.1) is 10.1 Å². The smallest absolute Gasteiger partial charge is 0.305 e. The average Bonchev–Trinajstić information content (AvgIpc) is 2.68. The van der Waals surface area contributed by atoms with Crippen LogP contribution < -0.4 is 10.6 Å². The molecule has 28 heavy (non-hydrogen) atoms. The van der Waals surface area contributed by atoms with E-state index in [4.69, 9.17) is 5.11 Å². The molecule has 0 spiro atoms. The summed E-state index contributed by atoms with van der Waals surface area (Å²) in [6, 6.07) is 14.3. The van der Waals surface area contributed by atoms with Crippen molar-refractivity contribution in [3.05, 3.63) is 69.8 Å². The van der Waals surface area contributed by atoms with Crippen LogP contribution in [-0.4, -0.2) is 35.0 Å². The van der Waals surface area contributed by atoms with Crippen LogP contribution >= 0.6 is 0 Å². The predicted octanol–water partition coefficient (Wildman–Crippen LogP) is 3.23. The van der Waals surface area contributed by atoms with Crippen molar-refractivity contribution < 1.29 is 19.6 Å². The van der Waals surface area contributed by atoms with Gasteiger partial charge < -0.3 is 15.7 Å². The second-order valence-electron chi connectivity index (χ2n) is 6.26. The molecule has 8 heteroatoms. The lowest BCUT2D eigenvalue weighted by atomic mass is 10.1. The Hall–Kier alpha value is -3.42. The van der Waals surface area contributed by atoms with Crippen LogP contribution in [0.2, 0.25) is 0 Å². The Bertz CT molecular complexity index is 824. The van der Waals surface area contributed by atoms with Gasteiger partial charge in [-0.3, -0.25) is 19.7 Å². The largest absolute Gasteiger partial charge is 0.481 e. The summed E-state index contributed by atoms with van der Waals surface area (Å²) in [7, 11) is 0. The summed E-state index contributed by atoms with van der Waals surface area (Å²) < 4.78 is 0. The molecule has 0 fully saturated rings. The molecule has 2 rings (SSSR count). The molecule has 8 nitrogen and oxygen atoms in total. The van der Waals surface area contributed by atoms with E-state index in [2.05, 4.69) is 22.8 Å². The summed E-state index contributed by atoms with van der Waals surface area (Å²) in [6.45, 7) is 0.543. The first-order valence-corrected chi connectivity index (χ1v) is 9.03. The van der Waals surface area contributed by atoms with Crippen molar-refractivity contribution in [1.82, 2.24) is 5.32 Å². The monoisotopic (exact) mass is 385 g/mol. The first-order chi connectivity index (χ1) is 13.5. The molecule has 0 unspecified atom stereocenters. The number of aliphatic carboxylic acids is 1. The molecule has 0 aromatic heterocycles. The summed E-state index contributed by atoms with van der Waals surface area (Å²) >= 11 is 0. The summed E-state index contributed by atoms with van der Waals surface area (Å²) in [6.07, 6.45) is 2.54. The number of carbonyl (C=O) groups excluding carboxylic acids is 1. The van der Waals surface area contributed by atoms with E-state index in [1.807, 2.05) is 18.2 Å². The number of rotatable bonds is 11. The van der Waals surface area contributed by atoms with Gasteiger partial charge in [0.2, 0.25) is 0 Å². The van der Waals surface area contributed by atoms with Gasteiger partial charge in [0.25, 0.3) is 11.6 Å². The van der Waals surface area contributed by atoms with Crippen molar-refractivity contribution in [1.29, 1.82) is 0 Å². The Balaban J connectivity index is 1.88. The maximum Gasteiger partial charge on any atom is 0.305 e. The topological polar surface area (TPSA) is 122 Å². The molecule has 0 aliphatic carbocycles. The number of amides is 1. The highest BCUT2D eigenvalue weighted by Crippen LogP contribution is 2.25. The van der Waals surface area contributed by atoms with Crippen molar-refractivity contribution in [3.8, 4) is 0 Å². The van der Waals surface area contributed by atoms with E-state index in [1.165, 1.54) is 23.8 Å². The summed E-state index contributed by atoms with van der Waals surface area (Å²) in [5, 5.41) is 25.4. The highest BCUT2D eigenvalue weighted by molar-refractivity contribution is 5.95. The van der Waals surface area contributed by atoms with E-state index in [1.54, 1.807) is 0 Å². The fraction of sp³-hybridized carbons (Fsp3) is 0.300. The highest BCUT2D eigenvalue weighted by Gasteiger charge is 2.17. The Labute approximate surface area is 162 Å². The van der Waals surface area contributed by atoms with Crippen molar-refractivity contribution in [2.45, 2.75) is 25.7 Å². The summed E-state index contributed by atoms with van der Waals surface area (Å²) in [5.41, 5.74) is 1.54. The van der Waals surface area contributed by atoms with E-state index in [0.717, 1.165) is 19.3 Å². The van der Waals surface area contributed by atoms with E-state index < -0.39 is 16.8 Å². The molecule has 3 N–H and O–H groups in total. The first kappa shape index (κ1) is 20.9. The van der Waals surface area contributed by atoms with E-state index in [0.29, 0.717) is 12.2 Å². The van der Waals surface area contributed by atoms with Crippen molar-refractivity contribution >= 4 is 23.3 Å². The van der Waals surface area contributed by atoms with Crippen molar-refractivity contribution in [2.75, 3.05) is 18.4 Å². The molecule has 0 aliphatic rings. The molecule has 0 radical (unpaired) electrons. The van der Waals surface area contributed by atoms with Crippen molar-refractivity contribution in [2.24, 2.45) is 0 Å². The third kappa shape index (κ3) is 6.71.